The molecule has 1 fully saturated rings. The van der Waals surface area contributed by atoms with Gasteiger partial charge in [0.05, 0.1) is 25.0 Å². The molecule has 2 heterocycles. The lowest BCUT2D eigenvalue weighted by Gasteiger charge is -2.33. The Morgan fingerprint density at radius 1 is 1.24 bits per heavy atom. The lowest BCUT2D eigenvalue weighted by molar-refractivity contribution is -0.114. The fourth-order valence-corrected chi connectivity index (χ4v) is 2.94. The van der Waals surface area contributed by atoms with Crippen LogP contribution in [0.1, 0.15) is 30.1 Å². The van der Waals surface area contributed by atoms with E-state index in [2.05, 4.69) is 11.8 Å². The van der Waals surface area contributed by atoms with E-state index in [9.17, 15) is 9.59 Å². The van der Waals surface area contributed by atoms with Gasteiger partial charge in [0.15, 0.2) is 0 Å². The molecule has 0 spiro atoms. The number of carbonyl (C=O) groups excluding carboxylic acids is 2. The number of Topliss-reactive ketones (excluding diaryl/α,β-unsaturated/α-hetero) is 1. The van der Waals surface area contributed by atoms with Crippen molar-refractivity contribution < 1.29 is 14.3 Å². The quantitative estimate of drug-likeness (QED) is 0.797. The van der Waals surface area contributed by atoms with Crippen LogP contribution >= 0.6 is 0 Å². The maximum Gasteiger partial charge on any atom is 0.300 e. The molecule has 0 N–H and O–H groups in total. The standard InChI is InChI=1S/C16H20N2O3/c1-11-5-7-17(8-6-11)10-18-14-9-12(21-2)3-4-13(14)15(19)16(18)20/h3-4,9,11H,5-8,10H2,1-2H3. The molecular formula is C16H20N2O3. The second kappa shape index (κ2) is 5.48. The number of nitrogens with zero attached hydrogens (tertiary/aromatic N) is 2. The normalized spacial score (nSPS) is 20.0. The van der Waals surface area contributed by atoms with Crippen molar-refractivity contribution in [3.63, 3.8) is 0 Å². The maximum atomic E-state index is 12.2. The summed E-state index contributed by atoms with van der Waals surface area (Å²) < 4.78 is 5.20. The van der Waals surface area contributed by atoms with Gasteiger partial charge in [-0.2, -0.15) is 0 Å². The van der Waals surface area contributed by atoms with Gasteiger partial charge in [0.1, 0.15) is 5.75 Å². The Hall–Kier alpha value is -1.88. The second-order valence-electron chi connectivity index (χ2n) is 5.89. The van der Waals surface area contributed by atoms with Crippen molar-refractivity contribution in [2.24, 2.45) is 5.92 Å². The molecule has 0 unspecified atom stereocenters. The number of hydrogen-bond donors (Lipinski definition) is 0. The molecule has 0 aliphatic carbocycles. The number of methoxy groups -OCH3 is 1. The molecule has 1 amide bonds. The Bertz CT molecular complexity index is 577. The molecule has 1 saturated heterocycles. The van der Waals surface area contributed by atoms with Crippen molar-refractivity contribution in [2.75, 3.05) is 31.8 Å². The van der Waals surface area contributed by atoms with Gasteiger partial charge in [-0.25, -0.2) is 0 Å². The van der Waals surface area contributed by atoms with E-state index in [1.807, 2.05) is 0 Å². The van der Waals surface area contributed by atoms with Gasteiger partial charge in [-0.15, -0.1) is 0 Å². The highest BCUT2D eigenvalue weighted by Crippen LogP contribution is 2.33. The average molecular weight is 288 g/mol. The topological polar surface area (TPSA) is 49.9 Å². The third kappa shape index (κ3) is 2.53. The van der Waals surface area contributed by atoms with Crippen molar-refractivity contribution in [3.8, 4) is 5.75 Å². The summed E-state index contributed by atoms with van der Waals surface area (Å²) in [6.07, 6.45) is 2.28. The van der Waals surface area contributed by atoms with Gasteiger partial charge >= 0.3 is 5.91 Å². The molecule has 1 aromatic rings. The highest BCUT2D eigenvalue weighted by atomic mass is 16.5. The van der Waals surface area contributed by atoms with Crippen molar-refractivity contribution >= 4 is 17.4 Å². The third-order valence-corrected chi connectivity index (χ3v) is 4.40. The zero-order chi connectivity index (χ0) is 15.0. The predicted molar refractivity (Wildman–Crippen MR) is 79.6 cm³/mol. The number of ketones is 1. The fourth-order valence-electron chi connectivity index (χ4n) is 2.94. The smallest absolute Gasteiger partial charge is 0.300 e. The van der Waals surface area contributed by atoms with Crippen molar-refractivity contribution in [1.29, 1.82) is 0 Å². The van der Waals surface area contributed by atoms with E-state index in [4.69, 9.17) is 4.74 Å². The van der Waals surface area contributed by atoms with Crippen LogP contribution in [0.15, 0.2) is 18.2 Å². The Morgan fingerprint density at radius 3 is 2.62 bits per heavy atom. The number of carbonyl (C=O) groups is 2. The number of ether oxygens (including phenoxy) is 1. The van der Waals surface area contributed by atoms with Crippen LogP contribution < -0.4 is 9.64 Å². The van der Waals surface area contributed by atoms with Crippen LogP contribution in [0.5, 0.6) is 5.75 Å². The summed E-state index contributed by atoms with van der Waals surface area (Å²) >= 11 is 0. The average Bonchev–Trinajstić information content (AvgIpc) is 2.74. The second-order valence-corrected chi connectivity index (χ2v) is 5.89. The number of likely N-dealkylation sites (tertiary alicyclic amines) is 1. The lowest BCUT2D eigenvalue weighted by atomic mass is 10.00. The summed E-state index contributed by atoms with van der Waals surface area (Å²) in [7, 11) is 1.58. The van der Waals surface area contributed by atoms with Crippen LogP contribution in [0.3, 0.4) is 0 Å². The number of benzene rings is 1. The van der Waals surface area contributed by atoms with E-state index in [0.29, 0.717) is 23.7 Å². The molecule has 5 nitrogen and oxygen atoms in total. The maximum absolute atomic E-state index is 12.2. The van der Waals surface area contributed by atoms with Crippen LogP contribution in [0, 0.1) is 5.92 Å². The Labute approximate surface area is 124 Å². The Morgan fingerprint density at radius 2 is 1.95 bits per heavy atom. The van der Waals surface area contributed by atoms with E-state index < -0.39 is 11.7 Å². The van der Waals surface area contributed by atoms with Gasteiger partial charge in [0, 0.05) is 19.2 Å². The van der Waals surface area contributed by atoms with Gasteiger partial charge < -0.3 is 4.74 Å². The van der Waals surface area contributed by atoms with E-state index in [0.717, 1.165) is 31.8 Å². The van der Waals surface area contributed by atoms with Gasteiger partial charge in [0.25, 0.3) is 5.78 Å². The Kier molecular flexibility index (Phi) is 3.68. The monoisotopic (exact) mass is 288 g/mol. The molecule has 112 valence electrons. The van der Waals surface area contributed by atoms with Crippen LogP contribution in [-0.2, 0) is 4.79 Å². The molecular weight excluding hydrogens is 268 g/mol. The minimum atomic E-state index is -0.433. The van der Waals surface area contributed by atoms with E-state index >= 15 is 0 Å². The van der Waals surface area contributed by atoms with E-state index in [1.54, 1.807) is 30.2 Å². The van der Waals surface area contributed by atoms with Crippen LogP contribution in [-0.4, -0.2) is 43.5 Å². The SMILES string of the molecule is COc1ccc2c(c1)N(CN1CCC(C)CC1)C(=O)C2=O. The van der Waals surface area contributed by atoms with E-state index in [-0.39, 0.29) is 0 Å². The van der Waals surface area contributed by atoms with Crippen LogP contribution in [0.25, 0.3) is 0 Å². The molecule has 0 radical (unpaired) electrons. The largest absolute Gasteiger partial charge is 0.497 e. The molecule has 21 heavy (non-hydrogen) atoms. The summed E-state index contributed by atoms with van der Waals surface area (Å²) in [5.74, 6) is 0.549. The zero-order valence-electron chi connectivity index (χ0n) is 12.5. The van der Waals surface area contributed by atoms with Gasteiger partial charge in [-0.1, -0.05) is 6.92 Å². The first-order valence-corrected chi connectivity index (χ1v) is 7.36. The van der Waals surface area contributed by atoms with Crippen LogP contribution in [0.4, 0.5) is 5.69 Å². The highest BCUT2D eigenvalue weighted by molar-refractivity contribution is 6.52. The Balaban J connectivity index is 1.83. The number of hydrogen-bond acceptors (Lipinski definition) is 4. The molecule has 5 heteroatoms. The first kappa shape index (κ1) is 14.1. The first-order chi connectivity index (χ1) is 10.1. The molecule has 2 aliphatic heterocycles. The lowest BCUT2D eigenvalue weighted by Crippen LogP contribution is -2.44. The number of anilines is 1. The fraction of sp³-hybridized carbons (Fsp3) is 0.500. The van der Waals surface area contributed by atoms with Crippen molar-refractivity contribution in [1.82, 2.24) is 4.90 Å². The molecule has 2 aliphatic rings. The predicted octanol–water partition coefficient (Wildman–Crippen LogP) is 1.91. The minimum absolute atomic E-state index is 0.418. The molecule has 0 bridgehead atoms. The first-order valence-electron chi connectivity index (χ1n) is 7.36. The summed E-state index contributed by atoms with van der Waals surface area (Å²) in [6, 6.07) is 5.16. The van der Waals surface area contributed by atoms with E-state index in [1.165, 1.54) is 0 Å². The summed E-state index contributed by atoms with van der Waals surface area (Å²) in [5, 5.41) is 0. The zero-order valence-corrected chi connectivity index (χ0v) is 12.5. The summed E-state index contributed by atoms with van der Waals surface area (Å²) in [4.78, 5) is 28.1. The van der Waals surface area contributed by atoms with Gasteiger partial charge in [-0.3, -0.25) is 19.4 Å². The number of fused-ring (bicyclic) bond motifs is 1. The van der Waals surface area contributed by atoms with Gasteiger partial charge in [-0.05, 0) is 30.9 Å². The molecule has 0 saturated carbocycles. The number of amides is 1. The van der Waals surface area contributed by atoms with Crippen molar-refractivity contribution in [3.05, 3.63) is 23.8 Å². The summed E-state index contributed by atoms with van der Waals surface area (Å²) in [6.45, 7) is 4.68. The number of piperidine rings is 1. The minimum Gasteiger partial charge on any atom is -0.497 e. The van der Waals surface area contributed by atoms with Crippen LogP contribution in [0.2, 0.25) is 0 Å². The molecule has 3 rings (SSSR count). The van der Waals surface area contributed by atoms with Gasteiger partial charge in [0.2, 0.25) is 0 Å². The summed E-state index contributed by atoms with van der Waals surface area (Å²) in [5.41, 5.74) is 1.15. The third-order valence-electron chi connectivity index (χ3n) is 4.40. The molecule has 1 aromatic carbocycles. The molecule has 0 atom stereocenters. The highest BCUT2D eigenvalue weighted by Gasteiger charge is 2.37. The molecule has 0 aromatic heterocycles. The number of rotatable bonds is 3. The van der Waals surface area contributed by atoms with Crippen molar-refractivity contribution in [2.45, 2.75) is 19.8 Å².